The van der Waals surface area contributed by atoms with Gasteiger partial charge in [0.1, 0.15) is 28.7 Å². The Bertz CT molecular complexity index is 668. The molecule has 3 N–H and O–H groups in total. The molecule has 0 fully saturated rings. The largest absolute Gasteiger partial charge is 0.396 e. The number of halogens is 4. The molecule has 0 bridgehead atoms. The molecule has 2 rings (SSSR count). The van der Waals surface area contributed by atoms with Crippen LogP contribution in [0.25, 0.3) is 0 Å². The molecule has 0 saturated heterocycles. The van der Waals surface area contributed by atoms with Crippen LogP contribution in [-0.2, 0) is 0 Å². The fourth-order valence-corrected chi connectivity index (χ4v) is 1.57. The van der Waals surface area contributed by atoms with Gasteiger partial charge < -0.3 is 11.1 Å². The van der Waals surface area contributed by atoms with Crippen molar-refractivity contribution in [3.8, 4) is 0 Å². The molecule has 1 amide bonds. The van der Waals surface area contributed by atoms with Gasteiger partial charge in [-0.25, -0.2) is 17.6 Å². The first-order valence-electron chi connectivity index (χ1n) is 5.40. The van der Waals surface area contributed by atoms with Crippen molar-refractivity contribution >= 4 is 17.3 Å². The molecule has 0 aromatic heterocycles. The number of benzene rings is 2. The van der Waals surface area contributed by atoms with Gasteiger partial charge in [-0.15, -0.1) is 0 Å². The second-order valence-corrected chi connectivity index (χ2v) is 3.88. The number of anilines is 2. The summed E-state index contributed by atoms with van der Waals surface area (Å²) in [5.41, 5.74) is 2.96. The van der Waals surface area contributed by atoms with Crippen molar-refractivity contribution in [3.63, 3.8) is 0 Å². The highest BCUT2D eigenvalue weighted by Gasteiger charge is 2.21. The summed E-state index contributed by atoms with van der Waals surface area (Å²) in [4.78, 5) is 11.7. The van der Waals surface area contributed by atoms with Crippen LogP contribution in [0.1, 0.15) is 10.4 Å². The number of para-hydroxylation sites is 1. The molecule has 20 heavy (non-hydrogen) atoms. The third kappa shape index (κ3) is 2.42. The first-order chi connectivity index (χ1) is 9.41. The predicted octanol–water partition coefficient (Wildman–Crippen LogP) is 3.08. The predicted molar refractivity (Wildman–Crippen MR) is 65.1 cm³/mol. The van der Waals surface area contributed by atoms with Crippen molar-refractivity contribution in [2.45, 2.75) is 0 Å². The molecular formula is C13H8F4N2O. The fraction of sp³-hybridized carbons (Fsp3) is 0. The van der Waals surface area contributed by atoms with Gasteiger partial charge >= 0.3 is 0 Å². The number of carbonyl (C=O) groups is 1. The second-order valence-electron chi connectivity index (χ2n) is 3.88. The second kappa shape index (κ2) is 5.20. The molecule has 0 aliphatic heterocycles. The van der Waals surface area contributed by atoms with Crippen LogP contribution in [0.4, 0.5) is 28.9 Å². The number of nitrogen functional groups attached to an aromatic ring is 1. The minimum Gasteiger partial charge on any atom is -0.396 e. The third-order valence-electron chi connectivity index (χ3n) is 2.55. The number of hydrogen-bond donors (Lipinski definition) is 2. The molecule has 0 saturated carbocycles. The third-order valence-corrected chi connectivity index (χ3v) is 2.55. The summed E-state index contributed by atoms with van der Waals surface area (Å²) < 4.78 is 53.7. The van der Waals surface area contributed by atoms with E-state index in [0.29, 0.717) is 0 Å². The van der Waals surface area contributed by atoms with Crippen LogP contribution in [0, 0.1) is 23.3 Å². The van der Waals surface area contributed by atoms with Gasteiger partial charge in [0.25, 0.3) is 5.91 Å². The lowest BCUT2D eigenvalue weighted by atomic mass is 10.1. The van der Waals surface area contributed by atoms with Gasteiger partial charge in [-0.05, 0) is 24.3 Å². The molecule has 0 heterocycles. The molecule has 2 aromatic carbocycles. The molecule has 7 heteroatoms. The van der Waals surface area contributed by atoms with Crippen molar-refractivity contribution in [2.75, 3.05) is 11.1 Å². The van der Waals surface area contributed by atoms with Gasteiger partial charge in [-0.3, -0.25) is 4.79 Å². The van der Waals surface area contributed by atoms with E-state index in [0.717, 1.165) is 30.3 Å². The minimum absolute atomic E-state index is 0.453. The van der Waals surface area contributed by atoms with Gasteiger partial charge in [0, 0.05) is 0 Å². The molecular weight excluding hydrogens is 276 g/mol. The summed E-state index contributed by atoms with van der Waals surface area (Å²) in [7, 11) is 0. The Morgan fingerprint density at radius 2 is 1.55 bits per heavy atom. The van der Waals surface area contributed by atoms with Gasteiger partial charge in [-0.2, -0.15) is 0 Å². The van der Waals surface area contributed by atoms with Crippen LogP contribution in [0.15, 0.2) is 30.3 Å². The Labute approximate surface area is 111 Å². The molecule has 0 spiro atoms. The topological polar surface area (TPSA) is 55.1 Å². The van der Waals surface area contributed by atoms with Crippen molar-refractivity contribution in [3.05, 3.63) is 59.2 Å². The molecule has 0 atom stereocenters. The summed E-state index contributed by atoms with van der Waals surface area (Å²) in [6.07, 6.45) is 0. The van der Waals surface area contributed by atoms with E-state index >= 15 is 0 Å². The number of nitrogens with two attached hydrogens (primary N) is 1. The van der Waals surface area contributed by atoms with Crippen molar-refractivity contribution in [2.24, 2.45) is 0 Å². The Morgan fingerprint density at radius 3 is 2.15 bits per heavy atom. The zero-order valence-corrected chi connectivity index (χ0v) is 9.88. The van der Waals surface area contributed by atoms with Gasteiger partial charge in [-0.1, -0.05) is 6.07 Å². The van der Waals surface area contributed by atoms with E-state index in [1.807, 2.05) is 0 Å². The maximum Gasteiger partial charge on any atom is 0.261 e. The lowest BCUT2D eigenvalue weighted by Crippen LogP contribution is -2.18. The first kappa shape index (κ1) is 13.9. The maximum atomic E-state index is 13.6. The first-order valence-corrected chi connectivity index (χ1v) is 5.40. The van der Waals surface area contributed by atoms with Gasteiger partial charge in [0.2, 0.25) is 0 Å². The molecule has 2 aromatic rings. The highest BCUT2D eigenvalue weighted by atomic mass is 19.1. The van der Waals surface area contributed by atoms with Crippen LogP contribution in [-0.4, -0.2) is 5.91 Å². The van der Waals surface area contributed by atoms with E-state index < -0.39 is 46.1 Å². The average molecular weight is 284 g/mol. The number of carbonyl (C=O) groups excluding carboxylic acids is 1. The van der Waals surface area contributed by atoms with Gasteiger partial charge in [0.05, 0.1) is 5.69 Å². The van der Waals surface area contributed by atoms with Crippen LogP contribution in [0.2, 0.25) is 0 Å². The summed E-state index contributed by atoms with van der Waals surface area (Å²) in [5.74, 6) is -5.95. The highest BCUT2D eigenvalue weighted by Crippen LogP contribution is 2.22. The molecule has 0 aliphatic carbocycles. The summed E-state index contributed by atoms with van der Waals surface area (Å²) in [6.45, 7) is 0. The molecule has 0 unspecified atom stereocenters. The van der Waals surface area contributed by atoms with Crippen molar-refractivity contribution in [1.82, 2.24) is 0 Å². The van der Waals surface area contributed by atoms with E-state index in [1.54, 1.807) is 5.32 Å². The molecule has 3 nitrogen and oxygen atoms in total. The van der Waals surface area contributed by atoms with Crippen LogP contribution < -0.4 is 11.1 Å². The lowest BCUT2D eigenvalue weighted by molar-refractivity contribution is 0.101. The number of amides is 1. The van der Waals surface area contributed by atoms with Crippen molar-refractivity contribution in [1.29, 1.82) is 0 Å². The summed E-state index contributed by atoms with van der Waals surface area (Å²) in [5, 5.41) is 1.78. The highest BCUT2D eigenvalue weighted by molar-refractivity contribution is 6.05. The molecule has 0 aliphatic rings. The number of hydrogen-bond acceptors (Lipinski definition) is 2. The van der Waals surface area contributed by atoms with E-state index in [4.69, 9.17) is 5.73 Å². The minimum atomic E-state index is -1.34. The van der Waals surface area contributed by atoms with E-state index in [-0.39, 0.29) is 0 Å². The smallest absolute Gasteiger partial charge is 0.261 e. The summed E-state index contributed by atoms with van der Waals surface area (Å²) in [6, 6.07) is 4.59. The lowest BCUT2D eigenvalue weighted by Gasteiger charge is -2.09. The quantitative estimate of drug-likeness (QED) is 0.657. The van der Waals surface area contributed by atoms with E-state index in [9.17, 15) is 22.4 Å². The Hall–Kier alpha value is -2.57. The Kier molecular flexibility index (Phi) is 3.60. The van der Waals surface area contributed by atoms with Gasteiger partial charge in [0.15, 0.2) is 5.82 Å². The monoisotopic (exact) mass is 284 g/mol. The van der Waals surface area contributed by atoms with E-state index in [2.05, 4.69) is 0 Å². The SMILES string of the molecule is Nc1ccc(F)c(C(=O)Nc2c(F)cccc2F)c1F. The number of nitrogens with one attached hydrogen (secondary N) is 1. The Balaban J connectivity index is 2.41. The molecule has 104 valence electrons. The Morgan fingerprint density at radius 1 is 0.950 bits per heavy atom. The van der Waals surface area contributed by atoms with Crippen LogP contribution in [0.3, 0.4) is 0 Å². The van der Waals surface area contributed by atoms with Crippen LogP contribution >= 0.6 is 0 Å². The van der Waals surface area contributed by atoms with Crippen LogP contribution in [0.5, 0.6) is 0 Å². The maximum absolute atomic E-state index is 13.6. The zero-order valence-electron chi connectivity index (χ0n) is 9.88. The number of rotatable bonds is 2. The molecule has 0 radical (unpaired) electrons. The van der Waals surface area contributed by atoms with Crippen molar-refractivity contribution < 1.29 is 22.4 Å². The zero-order chi connectivity index (χ0) is 14.9. The van der Waals surface area contributed by atoms with E-state index in [1.165, 1.54) is 0 Å². The summed E-state index contributed by atoms with van der Waals surface area (Å²) >= 11 is 0. The average Bonchev–Trinajstić information content (AvgIpc) is 2.39. The fourth-order valence-electron chi connectivity index (χ4n) is 1.57. The normalized spacial score (nSPS) is 10.4. The standard InChI is InChI=1S/C13H8F4N2O/c14-6-4-5-9(18)11(17)10(6)13(20)19-12-7(15)2-1-3-8(12)16/h1-5H,18H2,(H,19,20).